The van der Waals surface area contributed by atoms with E-state index in [1.807, 2.05) is 12.1 Å². The molecule has 0 aliphatic heterocycles. The second-order valence-electron chi connectivity index (χ2n) is 3.74. The van der Waals surface area contributed by atoms with Crippen molar-refractivity contribution in [2.75, 3.05) is 20.2 Å². The number of nitrogens with one attached hydrogen (secondary N) is 2. The van der Waals surface area contributed by atoms with E-state index in [9.17, 15) is 4.79 Å². The second-order valence-corrected chi connectivity index (χ2v) is 5.51. The van der Waals surface area contributed by atoms with Gasteiger partial charge in [0.05, 0.1) is 11.6 Å². The molecule has 4 nitrogen and oxygen atoms in total. The van der Waals surface area contributed by atoms with Gasteiger partial charge in [-0.2, -0.15) is 0 Å². The molecule has 0 saturated heterocycles. The summed E-state index contributed by atoms with van der Waals surface area (Å²) in [5, 5.41) is 5.98. The molecule has 0 unspecified atom stereocenters. The standard InChI is InChI=1S/C12H16Br2N2O2/c1-8(17)16-4-3-15-7-9-5-10(13)6-11(14)12(9)18-2/h5-6,15H,3-4,7H2,1-2H3,(H,16,17). The number of hydrogen-bond donors (Lipinski definition) is 2. The zero-order valence-corrected chi connectivity index (χ0v) is 13.5. The minimum Gasteiger partial charge on any atom is -0.495 e. The van der Waals surface area contributed by atoms with Crippen LogP contribution in [0.3, 0.4) is 0 Å². The van der Waals surface area contributed by atoms with Gasteiger partial charge >= 0.3 is 0 Å². The Morgan fingerprint density at radius 1 is 1.33 bits per heavy atom. The third kappa shape index (κ3) is 4.96. The highest BCUT2D eigenvalue weighted by molar-refractivity contribution is 9.11. The van der Waals surface area contributed by atoms with Crippen molar-refractivity contribution in [3.05, 3.63) is 26.6 Å². The summed E-state index contributed by atoms with van der Waals surface area (Å²) in [5.74, 6) is 0.810. The molecule has 0 saturated carbocycles. The number of methoxy groups -OCH3 is 1. The monoisotopic (exact) mass is 378 g/mol. The van der Waals surface area contributed by atoms with Gasteiger partial charge in [-0.05, 0) is 28.1 Å². The van der Waals surface area contributed by atoms with Crippen LogP contribution in [0.2, 0.25) is 0 Å². The molecule has 0 atom stereocenters. The summed E-state index contributed by atoms with van der Waals surface area (Å²) < 4.78 is 7.26. The third-order valence-electron chi connectivity index (χ3n) is 2.28. The fraction of sp³-hybridized carbons (Fsp3) is 0.417. The van der Waals surface area contributed by atoms with E-state index in [1.165, 1.54) is 6.92 Å². The van der Waals surface area contributed by atoms with E-state index in [1.54, 1.807) is 7.11 Å². The van der Waals surface area contributed by atoms with Crippen LogP contribution in [0.5, 0.6) is 5.75 Å². The molecule has 100 valence electrons. The Morgan fingerprint density at radius 2 is 2.06 bits per heavy atom. The molecule has 0 fully saturated rings. The summed E-state index contributed by atoms with van der Waals surface area (Å²) in [6.07, 6.45) is 0. The van der Waals surface area contributed by atoms with Gasteiger partial charge in [0.1, 0.15) is 5.75 Å². The lowest BCUT2D eigenvalue weighted by molar-refractivity contribution is -0.118. The van der Waals surface area contributed by atoms with Crippen LogP contribution in [-0.2, 0) is 11.3 Å². The number of rotatable bonds is 6. The lowest BCUT2D eigenvalue weighted by Gasteiger charge is -2.12. The highest BCUT2D eigenvalue weighted by atomic mass is 79.9. The van der Waals surface area contributed by atoms with Gasteiger partial charge in [0, 0.05) is 36.6 Å². The van der Waals surface area contributed by atoms with Gasteiger partial charge in [-0.25, -0.2) is 0 Å². The maximum atomic E-state index is 10.7. The Morgan fingerprint density at radius 3 is 2.67 bits per heavy atom. The fourth-order valence-electron chi connectivity index (χ4n) is 1.52. The van der Waals surface area contributed by atoms with Gasteiger partial charge in [-0.15, -0.1) is 0 Å². The average Bonchev–Trinajstić information content (AvgIpc) is 2.27. The molecule has 2 N–H and O–H groups in total. The number of halogens is 2. The van der Waals surface area contributed by atoms with Crippen molar-refractivity contribution in [3.8, 4) is 5.75 Å². The number of amides is 1. The second kappa shape index (κ2) is 7.76. The summed E-state index contributed by atoms with van der Waals surface area (Å²) >= 11 is 6.91. The molecular weight excluding hydrogens is 364 g/mol. The van der Waals surface area contributed by atoms with Crippen LogP contribution < -0.4 is 15.4 Å². The van der Waals surface area contributed by atoms with Crippen LogP contribution in [-0.4, -0.2) is 26.1 Å². The molecule has 18 heavy (non-hydrogen) atoms. The summed E-state index contributed by atoms with van der Waals surface area (Å²) in [6.45, 7) is 3.52. The lowest BCUT2D eigenvalue weighted by Crippen LogP contribution is -2.30. The number of carbonyl (C=O) groups excluding carboxylic acids is 1. The normalized spacial score (nSPS) is 10.2. The minimum atomic E-state index is -0.0143. The number of ether oxygens (including phenoxy) is 1. The van der Waals surface area contributed by atoms with Crippen LogP contribution in [0.1, 0.15) is 12.5 Å². The predicted octanol–water partition coefficient (Wildman–Crippen LogP) is 2.45. The van der Waals surface area contributed by atoms with Crippen molar-refractivity contribution in [2.24, 2.45) is 0 Å². The zero-order chi connectivity index (χ0) is 13.5. The molecule has 6 heteroatoms. The van der Waals surface area contributed by atoms with Crippen molar-refractivity contribution in [1.82, 2.24) is 10.6 Å². The highest BCUT2D eigenvalue weighted by Crippen LogP contribution is 2.32. The minimum absolute atomic E-state index is 0.0143. The molecule has 1 amide bonds. The molecule has 0 aliphatic rings. The van der Waals surface area contributed by atoms with Crippen LogP contribution in [0.25, 0.3) is 0 Å². The van der Waals surface area contributed by atoms with E-state index >= 15 is 0 Å². The molecule has 0 spiro atoms. The zero-order valence-electron chi connectivity index (χ0n) is 10.3. The quantitative estimate of drug-likeness (QED) is 0.746. The van der Waals surface area contributed by atoms with Crippen molar-refractivity contribution < 1.29 is 9.53 Å². The highest BCUT2D eigenvalue weighted by Gasteiger charge is 2.08. The molecule has 0 bridgehead atoms. The molecular formula is C12H16Br2N2O2. The van der Waals surface area contributed by atoms with Gasteiger partial charge in [-0.1, -0.05) is 15.9 Å². The first kappa shape index (κ1) is 15.5. The Labute approximate surface area is 124 Å². The molecule has 1 aromatic rings. The molecule has 1 aromatic carbocycles. The number of carbonyl (C=O) groups is 1. The van der Waals surface area contributed by atoms with E-state index < -0.39 is 0 Å². The Kier molecular flexibility index (Phi) is 6.67. The van der Waals surface area contributed by atoms with Crippen LogP contribution in [0.15, 0.2) is 21.1 Å². The molecule has 0 heterocycles. The van der Waals surface area contributed by atoms with Gasteiger partial charge in [0.2, 0.25) is 5.91 Å². The summed E-state index contributed by atoms with van der Waals surface area (Å²) in [7, 11) is 1.65. The van der Waals surface area contributed by atoms with E-state index in [4.69, 9.17) is 4.74 Å². The van der Waals surface area contributed by atoms with Crippen molar-refractivity contribution >= 4 is 37.8 Å². The van der Waals surface area contributed by atoms with Crippen LogP contribution >= 0.6 is 31.9 Å². The summed E-state index contributed by atoms with van der Waals surface area (Å²) in [6, 6.07) is 3.95. The average molecular weight is 380 g/mol. The Hall–Kier alpha value is -0.590. The third-order valence-corrected chi connectivity index (χ3v) is 3.33. The van der Waals surface area contributed by atoms with Gasteiger partial charge in [0.25, 0.3) is 0 Å². The number of benzene rings is 1. The Bertz CT molecular complexity index is 425. The van der Waals surface area contributed by atoms with Gasteiger partial charge in [0.15, 0.2) is 0 Å². The van der Waals surface area contributed by atoms with Gasteiger partial charge in [-0.3, -0.25) is 4.79 Å². The Balaban J connectivity index is 2.53. The smallest absolute Gasteiger partial charge is 0.216 e. The van der Waals surface area contributed by atoms with Crippen molar-refractivity contribution in [3.63, 3.8) is 0 Å². The van der Waals surface area contributed by atoms with E-state index in [-0.39, 0.29) is 5.91 Å². The van der Waals surface area contributed by atoms with Crippen molar-refractivity contribution in [1.29, 1.82) is 0 Å². The maximum Gasteiger partial charge on any atom is 0.216 e. The lowest BCUT2D eigenvalue weighted by atomic mass is 10.2. The molecule has 0 aromatic heterocycles. The predicted molar refractivity (Wildman–Crippen MR) is 78.8 cm³/mol. The van der Waals surface area contributed by atoms with Crippen LogP contribution in [0, 0.1) is 0 Å². The van der Waals surface area contributed by atoms with E-state index in [0.29, 0.717) is 19.6 Å². The van der Waals surface area contributed by atoms with Crippen molar-refractivity contribution in [2.45, 2.75) is 13.5 Å². The van der Waals surface area contributed by atoms with E-state index in [0.717, 1.165) is 20.3 Å². The first-order valence-electron chi connectivity index (χ1n) is 5.51. The maximum absolute atomic E-state index is 10.7. The summed E-state index contributed by atoms with van der Waals surface area (Å²) in [5.41, 5.74) is 1.06. The number of hydrogen-bond acceptors (Lipinski definition) is 3. The molecule has 0 radical (unpaired) electrons. The topological polar surface area (TPSA) is 50.4 Å². The first-order chi connectivity index (χ1) is 8.54. The SMILES string of the molecule is COc1c(Br)cc(Br)cc1CNCCNC(C)=O. The van der Waals surface area contributed by atoms with E-state index in [2.05, 4.69) is 42.5 Å². The molecule has 0 aliphatic carbocycles. The summed E-state index contributed by atoms with van der Waals surface area (Å²) in [4.78, 5) is 10.7. The molecule has 1 rings (SSSR count). The first-order valence-corrected chi connectivity index (χ1v) is 7.10. The fourth-order valence-corrected chi connectivity index (χ4v) is 3.00. The van der Waals surface area contributed by atoms with Crippen LogP contribution in [0.4, 0.5) is 0 Å². The largest absolute Gasteiger partial charge is 0.495 e. The van der Waals surface area contributed by atoms with Gasteiger partial charge < -0.3 is 15.4 Å².